The van der Waals surface area contributed by atoms with Crippen molar-refractivity contribution in [3.63, 3.8) is 0 Å². The first-order valence-corrected chi connectivity index (χ1v) is 19.2. The molecule has 0 radical (unpaired) electrons. The van der Waals surface area contributed by atoms with Crippen molar-refractivity contribution in [1.29, 1.82) is 0 Å². The first kappa shape index (κ1) is 38.2. The summed E-state index contributed by atoms with van der Waals surface area (Å²) in [6, 6.07) is 7.24. The molecule has 3 aromatic rings. The van der Waals surface area contributed by atoms with Crippen molar-refractivity contribution in [3.05, 3.63) is 59.4 Å². The molecule has 0 N–H and O–H groups in total. The van der Waals surface area contributed by atoms with Crippen LogP contribution in [0.3, 0.4) is 0 Å². The summed E-state index contributed by atoms with van der Waals surface area (Å²) in [7, 11) is 0. The Morgan fingerprint density at radius 3 is 2.44 bits per heavy atom. The predicted molar refractivity (Wildman–Crippen MR) is 202 cm³/mol. The van der Waals surface area contributed by atoms with Gasteiger partial charge in [0.15, 0.2) is 0 Å². The third-order valence-corrected chi connectivity index (χ3v) is 11.3. The van der Waals surface area contributed by atoms with Gasteiger partial charge in [0.05, 0.1) is 36.0 Å². The Bertz CT molecular complexity index is 1760. The highest BCUT2D eigenvalue weighted by Crippen LogP contribution is 2.38. The van der Waals surface area contributed by atoms with Gasteiger partial charge in [-0.15, -0.1) is 0 Å². The van der Waals surface area contributed by atoms with E-state index >= 15 is 0 Å². The lowest BCUT2D eigenvalue weighted by Gasteiger charge is -2.55. The van der Waals surface area contributed by atoms with Crippen LogP contribution in [0.1, 0.15) is 95.9 Å². The van der Waals surface area contributed by atoms with Crippen LogP contribution in [-0.2, 0) is 9.47 Å². The lowest BCUT2D eigenvalue weighted by atomic mass is 9.85. The highest BCUT2D eigenvalue weighted by atomic mass is 19.1. The van der Waals surface area contributed by atoms with E-state index in [-0.39, 0.29) is 23.6 Å². The Labute approximate surface area is 309 Å². The summed E-state index contributed by atoms with van der Waals surface area (Å²) >= 11 is 0. The number of imidazole rings is 1. The lowest BCUT2D eigenvalue weighted by molar-refractivity contribution is -0.167. The molecule has 0 bridgehead atoms. The number of carbonyl (C=O) groups is 2. The fraction of sp³-hybridized carbons (Fsp3) is 0.634. The molecule has 3 aliphatic heterocycles. The van der Waals surface area contributed by atoms with Gasteiger partial charge in [-0.3, -0.25) is 14.6 Å². The molecule has 1 spiro atoms. The van der Waals surface area contributed by atoms with E-state index in [2.05, 4.69) is 45.3 Å². The summed E-state index contributed by atoms with van der Waals surface area (Å²) in [6.45, 7) is 25.2. The summed E-state index contributed by atoms with van der Waals surface area (Å²) in [5.41, 5.74) is 3.50. The minimum atomic E-state index is -0.511. The van der Waals surface area contributed by atoms with Crippen molar-refractivity contribution >= 4 is 17.5 Å². The van der Waals surface area contributed by atoms with Gasteiger partial charge in [-0.25, -0.2) is 14.2 Å². The molecular formula is C41H59FN6O4. The average molecular weight is 719 g/mol. The number of nitrogens with zero attached hydrogens (tertiary/aromatic N) is 6. The molecular weight excluding hydrogens is 659 g/mol. The molecule has 3 saturated heterocycles. The van der Waals surface area contributed by atoms with Crippen LogP contribution in [0.25, 0.3) is 16.6 Å². The maximum Gasteiger partial charge on any atom is 0.410 e. The van der Waals surface area contributed by atoms with E-state index in [1.165, 1.54) is 17.7 Å². The van der Waals surface area contributed by atoms with Gasteiger partial charge in [-0.05, 0) is 103 Å². The smallest absolute Gasteiger partial charge is 0.410 e. The second-order valence-corrected chi connectivity index (χ2v) is 16.8. The second kappa shape index (κ2) is 15.1. The normalized spacial score (nSPS) is 19.0. The Balaban J connectivity index is 1.14. The molecule has 2 aromatic heterocycles. The van der Waals surface area contributed by atoms with Crippen molar-refractivity contribution < 1.29 is 23.5 Å². The lowest BCUT2D eigenvalue weighted by Crippen LogP contribution is -2.72. The standard InChI is InChI=1S/C41H59FN6O4/c1-10-47(28(4)5)38(49)35-19-32(42)13-14-33(35)34-18-30(23-48-29(6)43-20-37(34)48)31-21-45(22-31)36(27(2)3)12-11-15-46-17-16-44(24-41(46)25-51-26-41)39(50)52-40(7,8)9/h13-14,18-20,23,27-28,31,36H,10-12,15-17,21-22,24-26H2,1-9H3/t36-/m1/s1. The van der Waals surface area contributed by atoms with Gasteiger partial charge >= 0.3 is 6.09 Å². The molecule has 0 aliphatic carbocycles. The number of pyridine rings is 1. The van der Waals surface area contributed by atoms with Gasteiger partial charge in [-0.1, -0.05) is 19.9 Å². The van der Waals surface area contributed by atoms with Crippen molar-refractivity contribution in [2.45, 2.75) is 104 Å². The Hall–Kier alpha value is -3.54. The van der Waals surface area contributed by atoms with E-state index in [4.69, 9.17) is 9.47 Å². The number of halogens is 1. The fourth-order valence-corrected chi connectivity index (χ4v) is 8.39. The molecule has 1 atom stereocenters. The average Bonchev–Trinajstić information content (AvgIpc) is 3.41. The van der Waals surface area contributed by atoms with Gasteiger partial charge in [-0.2, -0.15) is 0 Å². The number of rotatable bonds is 11. The van der Waals surface area contributed by atoms with Crippen LogP contribution in [0.4, 0.5) is 9.18 Å². The molecule has 0 saturated carbocycles. The Morgan fingerprint density at radius 1 is 1.10 bits per heavy atom. The first-order valence-electron chi connectivity index (χ1n) is 19.2. The minimum Gasteiger partial charge on any atom is -0.444 e. The number of carbonyl (C=O) groups excluding carboxylic acids is 2. The molecule has 52 heavy (non-hydrogen) atoms. The Morgan fingerprint density at radius 2 is 1.83 bits per heavy atom. The van der Waals surface area contributed by atoms with Crippen LogP contribution in [0.2, 0.25) is 0 Å². The van der Waals surface area contributed by atoms with Crippen LogP contribution in [0.5, 0.6) is 0 Å². The predicted octanol–water partition coefficient (Wildman–Crippen LogP) is 6.85. The number of piperazine rings is 1. The number of fused-ring (bicyclic) bond motifs is 1. The summed E-state index contributed by atoms with van der Waals surface area (Å²) in [5.74, 6) is 1.14. The van der Waals surface area contributed by atoms with Crippen molar-refractivity contribution in [3.8, 4) is 11.1 Å². The van der Waals surface area contributed by atoms with Crippen LogP contribution in [0.15, 0.2) is 36.7 Å². The number of benzene rings is 1. The van der Waals surface area contributed by atoms with E-state index in [0.29, 0.717) is 56.3 Å². The third kappa shape index (κ3) is 7.73. The van der Waals surface area contributed by atoms with Gasteiger partial charge in [0, 0.05) is 69.0 Å². The maximum atomic E-state index is 14.7. The van der Waals surface area contributed by atoms with Gasteiger partial charge in [0.1, 0.15) is 17.2 Å². The molecule has 2 amide bonds. The fourth-order valence-electron chi connectivity index (χ4n) is 8.39. The SMILES string of the molecule is CCN(C(=O)c1cc(F)ccc1-c1cc(C2CN([C@H](CCCN3CCN(C(=O)OC(C)(C)C)CC34COC4)C(C)C)C2)cn2c(C)ncc12)C(C)C. The van der Waals surface area contributed by atoms with E-state index < -0.39 is 11.4 Å². The van der Waals surface area contributed by atoms with Gasteiger partial charge in [0.2, 0.25) is 0 Å². The molecule has 284 valence electrons. The highest BCUT2D eigenvalue weighted by molar-refractivity contribution is 6.03. The summed E-state index contributed by atoms with van der Waals surface area (Å²) in [5, 5.41) is 0. The zero-order chi connectivity index (χ0) is 37.5. The largest absolute Gasteiger partial charge is 0.444 e. The molecule has 6 rings (SSSR count). The molecule has 1 aromatic carbocycles. The Kier molecular flexibility index (Phi) is 11.1. The van der Waals surface area contributed by atoms with E-state index in [9.17, 15) is 14.0 Å². The summed E-state index contributed by atoms with van der Waals surface area (Å²) in [6.07, 6.45) is 5.99. The third-order valence-electron chi connectivity index (χ3n) is 11.3. The van der Waals surface area contributed by atoms with Crippen molar-refractivity contribution in [1.82, 2.24) is 29.0 Å². The number of ether oxygens (including phenoxy) is 2. The highest BCUT2D eigenvalue weighted by Gasteiger charge is 2.49. The van der Waals surface area contributed by atoms with Crippen LogP contribution >= 0.6 is 0 Å². The number of hydrogen-bond donors (Lipinski definition) is 0. The first-order chi connectivity index (χ1) is 24.6. The number of aromatic nitrogens is 2. The van der Waals surface area contributed by atoms with E-state index in [1.807, 2.05) is 59.6 Å². The molecule has 0 unspecified atom stereocenters. The van der Waals surface area contributed by atoms with Gasteiger partial charge in [0.25, 0.3) is 5.91 Å². The zero-order valence-electron chi connectivity index (χ0n) is 32.7. The van der Waals surface area contributed by atoms with E-state index in [1.54, 1.807) is 11.0 Å². The summed E-state index contributed by atoms with van der Waals surface area (Å²) in [4.78, 5) is 40.1. The molecule has 3 fully saturated rings. The number of aryl methyl sites for hydroxylation is 1. The number of hydrogen-bond acceptors (Lipinski definition) is 7. The molecule has 3 aliphatic rings. The molecule has 5 heterocycles. The van der Waals surface area contributed by atoms with E-state index in [0.717, 1.165) is 61.5 Å². The topological polar surface area (TPSA) is 82.9 Å². The molecule has 11 heteroatoms. The van der Waals surface area contributed by atoms with Crippen LogP contribution in [-0.4, -0.2) is 123 Å². The number of amides is 2. The van der Waals surface area contributed by atoms with Gasteiger partial charge < -0.3 is 23.7 Å². The van der Waals surface area contributed by atoms with Crippen molar-refractivity contribution in [2.75, 3.05) is 59.0 Å². The summed E-state index contributed by atoms with van der Waals surface area (Å²) < 4.78 is 28.2. The van der Waals surface area contributed by atoms with Crippen molar-refractivity contribution in [2.24, 2.45) is 5.92 Å². The quantitative estimate of drug-likeness (QED) is 0.215. The number of likely N-dealkylation sites (tertiary alicyclic amines) is 1. The minimum absolute atomic E-state index is 0.00485. The van der Waals surface area contributed by atoms with Crippen LogP contribution < -0.4 is 0 Å². The second-order valence-electron chi connectivity index (χ2n) is 16.8. The monoisotopic (exact) mass is 718 g/mol. The maximum absolute atomic E-state index is 14.7. The zero-order valence-corrected chi connectivity index (χ0v) is 32.7. The van der Waals surface area contributed by atoms with Crippen LogP contribution in [0, 0.1) is 18.7 Å². The molecule has 10 nitrogen and oxygen atoms in total.